The molecule has 0 bridgehead atoms. The van der Waals surface area contributed by atoms with Crippen LogP contribution < -0.4 is 0 Å². The Balaban J connectivity index is 1.37. The molecule has 0 N–H and O–H groups in total. The number of halogens is 1. The zero-order valence-corrected chi connectivity index (χ0v) is 20.7. The molecule has 1 aliphatic rings. The minimum Gasteiger partial charge on any atom is -0.297 e. The topological polar surface area (TPSA) is 45.6 Å². The normalized spacial score (nSPS) is 15.8. The van der Waals surface area contributed by atoms with Gasteiger partial charge in [0.25, 0.3) is 10.0 Å². The highest BCUT2D eigenvalue weighted by atomic mass is 79.9. The van der Waals surface area contributed by atoms with Crippen LogP contribution in [0.15, 0.2) is 94.4 Å². The Hall–Kier alpha value is -2.45. The third kappa shape index (κ3) is 4.64. The fourth-order valence-electron chi connectivity index (χ4n) is 4.49. The Kier molecular flexibility index (Phi) is 6.38. The molecular weight excluding hydrogens is 498 g/mol. The molecule has 1 fully saturated rings. The summed E-state index contributed by atoms with van der Waals surface area (Å²) in [6.45, 7) is 5.63. The summed E-state index contributed by atoms with van der Waals surface area (Å²) in [6.07, 6.45) is 1.80. The Morgan fingerprint density at radius 3 is 2.06 bits per heavy atom. The molecule has 2 heterocycles. The van der Waals surface area contributed by atoms with E-state index in [9.17, 15) is 8.42 Å². The summed E-state index contributed by atoms with van der Waals surface area (Å²) in [5.74, 6) is 0. The number of nitrogens with zero attached hydrogens (tertiary/aromatic N) is 3. The van der Waals surface area contributed by atoms with Gasteiger partial charge in [-0.1, -0.05) is 60.7 Å². The summed E-state index contributed by atoms with van der Waals surface area (Å²) in [6, 6.07) is 25.3. The number of fused-ring (bicyclic) bond motifs is 1. The molecule has 5 rings (SSSR count). The standard InChI is InChI=1S/C26H26BrN3O2S/c27-24-11-5-7-13-26(24)33(31,32)30-20-22(23-10-4-6-12-25(23)30)19-29-16-14-28(15-17-29)18-21-8-2-1-3-9-21/h1-13,20H,14-19H2. The van der Waals surface area contributed by atoms with Gasteiger partial charge in [-0.15, -0.1) is 0 Å². The zero-order chi connectivity index (χ0) is 22.8. The second-order valence-electron chi connectivity index (χ2n) is 8.44. The molecule has 0 radical (unpaired) electrons. The van der Waals surface area contributed by atoms with Gasteiger partial charge in [-0.25, -0.2) is 12.4 Å². The van der Waals surface area contributed by atoms with Gasteiger partial charge in [0, 0.05) is 55.3 Å². The first-order valence-electron chi connectivity index (χ1n) is 11.1. The molecule has 170 valence electrons. The molecule has 4 aromatic rings. The van der Waals surface area contributed by atoms with Gasteiger partial charge in [0.1, 0.15) is 4.90 Å². The molecule has 0 spiro atoms. The van der Waals surface area contributed by atoms with Crippen molar-refractivity contribution in [3.63, 3.8) is 0 Å². The minimum atomic E-state index is -3.72. The van der Waals surface area contributed by atoms with Crippen LogP contribution in [-0.2, 0) is 23.1 Å². The van der Waals surface area contributed by atoms with Crippen LogP contribution in [0.5, 0.6) is 0 Å². The number of hydrogen-bond donors (Lipinski definition) is 0. The van der Waals surface area contributed by atoms with E-state index in [1.165, 1.54) is 9.54 Å². The van der Waals surface area contributed by atoms with E-state index in [0.717, 1.165) is 50.2 Å². The van der Waals surface area contributed by atoms with Crippen LogP contribution in [0.25, 0.3) is 10.9 Å². The number of aromatic nitrogens is 1. The van der Waals surface area contributed by atoms with Gasteiger partial charge < -0.3 is 0 Å². The Morgan fingerprint density at radius 2 is 1.33 bits per heavy atom. The summed E-state index contributed by atoms with van der Waals surface area (Å²) in [7, 11) is -3.72. The summed E-state index contributed by atoms with van der Waals surface area (Å²) in [5.41, 5.74) is 3.09. The lowest BCUT2D eigenvalue weighted by atomic mass is 10.1. The second kappa shape index (κ2) is 9.43. The van der Waals surface area contributed by atoms with Crippen LogP contribution in [0, 0.1) is 0 Å². The van der Waals surface area contributed by atoms with Crippen LogP contribution in [-0.4, -0.2) is 48.4 Å². The van der Waals surface area contributed by atoms with E-state index < -0.39 is 10.0 Å². The lowest BCUT2D eigenvalue weighted by Gasteiger charge is -2.34. The molecule has 0 amide bonds. The first-order valence-corrected chi connectivity index (χ1v) is 13.3. The molecular formula is C26H26BrN3O2S. The van der Waals surface area contributed by atoms with E-state index in [1.807, 2.05) is 30.3 Å². The summed E-state index contributed by atoms with van der Waals surface area (Å²) < 4.78 is 29.0. The number of piperazine rings is 1. The van der Waals surface area contributed by atoms with E-state index in [0.29, 0.717) is 9.99 Å². The fourth-order valence-corrected chi connectivity index (χ4v) is 6.85. The third-order valence-electron chi connectivity index (χ3n) is 6.24. The second-order valence-corrected chi connectivity index (χ2v) is 11.1. The van der Waals surface area contributed by atoms with Crippen molar-refractivity contribution < 1.29 is 8.42 Å². The van der Waals surface area contributed by atoms with Gasteiger partial charge in [-0.2, -0.15) is 0 Å². The van der Waals surface area contributed by atoms with Gasteiger partial charge in [0.05, 0.1) is 5.52 Å². The van der Waals surface area contributed by atoms with Crippen molar-refractivity contribution in [2.45, 2.75) is 18.0 Å². The molecule has 1 saturated heterocycles. The van der Waals surface area contributed by atoms with Crippen molar-refractivity contribution in [1.82, 2.24) is 13.8 Å². The van der Waals surface area contributed by atoms with E-state index in [4.69, 9.17) is 0 Å². The Labute approximate surface area is 203 Å². The summed E-state index contributed by atoms with van der Waals surface area (Å²) in [4.78, 5) is 5.16. The van der Waals surface area contributed by atoms with Gasteiger partial charge in [-0.05, 0) is 45.3 Å². The molecule has 0 atom stereocenters. The first-order chi connectivity index (χ1) is 16.0. The van der Waals surface area contributed by atoms with Crippen LogP contribution in [0.3, 0.4) is 0 Å². The van der Waals surface area contributed by atoms with E-state index in [-0.39, 0.29) is 4.90 Å². The lowest BCUT2D eigenvalue weighted by Crippen LogP contribution is -2.45. The lowest BCUT2D eigenvalue weighted by molar-refractivity contribution is 0.122. The summed E-state index contributed by atoms with van der Waals surface area (Å²) >= 11 is 3.40. The SMILES string of the molecule is O=S(=O)(c1ccccc1Br)n1cc(CN2CCN(Cc3ccccc3)CC2)c2ccccc21. The van der Waals surface area contributed by atoms with Crippen molar-refractivity contribution in [1.29, 1.82) is 0 Å². The van der Waals surface area contributed by atoms with Gasteiger partial charge in [0.15, 0.2) is 0 Å². The average Bonchev–Trinajstić information content (AvgIpc) is 3.20. The monoisotopic (exact) mass is 523 g/mol. The molecule has 0 saturated carbocycles. The van der Waals surface area contributed by atoms with Gasteiger partial charge in [-0.3, -0.25) is 9.80 Å². The molecule has 33 heavy (non-hydrogen) atoms. The minimum absolute atomic E-state index is 0.270. The predicted octanol–water partition coefficient (Wildman–Crippen LogP) is 4.96. The molecule has 3 aromatic carbocycles. The number of para-hydroxylation sites is 1. The van der Waals surface area contributed by atoms with Gasteiger partial charge in [0.2, 0.25) is 0 Å². The van der Waals surface area contributed by atoms with Crippen LogP contribution >= 0.6 is 15.9 Å². The fraction of sp³-hybridized carbons (Fsp3) is 0.231. The van der Waals surface area contributed by atoms with Crippen LogP contribution in [0.4, 0.5) is 0 Å². The number of benzene rings is 3. The van der Waals surface area contributed by atoms with Crippen molar-refractivity contribution >= 4 is 36.9 Å². The maximum absolute atomic E-state index is 13.5. The first kappa shape index (κ1) is 22.3. The predicted molar refractivity (Wildman–Crippen MR) is 136 cm³/mol. The van der Waals surface area contributed by atoms with Crippen LogP contribution in [0.2, 0.25) is 0 Å². The quantitative estimate of drug-likeness (QED) is 0.358. The molecule has 5 nitrogen and oxygen atoms in total. The Bertz CT molecular complexity index is 1360. The largest absolute Gasteiger partial charge is 0.297 e. The highest BCUT2D eigenvalue weighted by molar-refractivity contribution is 9.10. The molecule has 1 aromatic heterocycles. The van der Waals surface area contributed by atoms with E-state index in [2.05, 4.69) is 56.1 Å². The maximum atomic E-state index is 13.5. The highest BCUT2D eigenvalue weighted by Crippen LogP contribution is 2.30. The third-order valence-corrected chi connectivity index (χ3v) is 8.93. The van der Waals surface area contributed by atoms with Crippen molar-refractivity contribution in [2.75, 3.05) is 26.2 Å². The van der Waals surface area contributed by atoms with Crippen LogP contribution in [0.1, 0.15) is 11.1 Å². The Morgan fingerprint density at radius 1 is 0.727 bits per heavy atom. The van der Waals surface area contributed by atoms with Crippen molar-refractivity contribution in [2.24, 2.45) is 0 Å². The highest BCUT2D eigenvalue weighted by Gasteiger charge is 2.24. The molecule has 1 aliphatic heterocycles. The zero-order valence-electron chi connectivity index (χ0n) is 18.3. The molecule has 0 aliphatic carbocycles. The molecule has 0 unspecified atom stereocenters. The van der Waals surface area contributed by atoms with Crippen molar-refractivity contribution in [3.05, 3.63) is 101 Å². The number of hydrogen-bond acceptors (Lipinski definition) is 4. The smallest absolute Gasteiger partial charge is 0.269 e. The van der Waals surface area contributed by atoms with E-state index in [1.54, 1.807) is 24.4 Å². The van der Waals surface area contributed by atoms with Gasteiger partial charge >= 0.3 is 0 Å². The summed E-state index contributed by atoms with van der Waals surface area (Å²) in [5, 5.41) is 0.986. The van der Waals surface area contributed by atoms with Crippen molar-refractivity contribution in [3.8, 4) is 0 Å². The average molecular weight is 524 g/mol. The van der Waals surface area contributed by atoms with E-state index >= 15 is 0 Å². The maximum Gasteiger partial charge on any atom is 0.269 e. The molecule has 7 heteroatoms. The number of rotatable bonds is 6.